The third-order valence-electron chi connectivity index (χ3n) is 5.24. The molecule has 0 bridgehead atoms. The van der Waals surface area contributed by atoms with Crippen molar-refractivity contribution in [3.63, 3.8) is 0 Å². The van der Waals surface area contributed by atoms with Crippen LogP contribution in [-0.4, -0.2) is 53.3 Å². The highest BCUT2D eigenvalue weighted by Gasteiger charge is 2.27. The lowest BCUT2D eigenvalue weighted by molar-refractivity contribution is 0.362. The molecule has 0 unspecified atom stereocenters. The summed E-state index contributed by atoms with van der Waals surface area (Å²) in [7, 11) is 0. The zero-order valence-electron chi connectivity index (χ0n) is 16.4. The summed E-state index contributed by atoms with van der Waals surface area (Å²) in [5.41, 5.74) is 7.80. The number of aromatic amines is 2. The fourth-order valence-corrected chi connectivity index (χ4v) is 4.17. The quantitative estimate of drug-likeness (QED) is 0.451. The number of fused-ring (bicyclic) bond motifs is 1. The molecule has 11 heteroatoms. The molecule has 1 fully saturated rings. The average molecular weight is 424 g/mol. The maximum Gasteiger partial charge on any atom is 0.347 e. The van der Waals surface area contributed by atoms with Crippen molar-refractivity contribution >= 4 is 29.0 Å². The Labute approximate surface area is 175 Å². The number of H-pyrrole nitrogens is 2. The van der Waals surface area contributed by atoms with Crippen LogP contribution in [-0.2, 0) is 0 Å². The number of hydrogen-bond donors (Lipinski definition) is 3. The highest BCUT2D eigenvalue weighted by Crippen LogP contribution is 2.28. The van der Waals surface area contributed by atoms with Gasteiger partial charge in [0.15, 0.2) is 11.3 Å². The van der Waals surface area contributed by atoms with Crippen molar-refractivity contribution < 1.29 is 0 Å². The second-order valence-electron chi connectivity index (χ2n) is 7.68. The van der Waals surface area contributed by atoms with Gasteiger partial charge in [0, 0.05) is 23.5 Å². The second-order valence-corrected chi connectivity index (χ2v) is 8.78. The predicted molar refractivity (Wildman–Crippen MR) is 114 cm³/mol. The molecular formula is C19H21N9OS. The SMILES string of the molecule is CC1(N)CCN(c2nc3ncc(Sc4ccc(-n5nc[nH]c5=O)cc4)nc3[nH]2)CC1. The van der Waals surface area contributed by atoms with E-state index >= 15 is 0 Å². The molecule has 0 saturated carbocycles. The number of hydrogen-bond acceptors (Lipinski definition) is 8. The van der Waals surface area contributed by atoms with Crippen LogP contribution >= 0.6 is 11.8 Å². The van der Waals surface area contributed by atoms with Crippen LogP contribution in [0.15, 0.2) is 51.5 Å². The topological polar surface area (TPSA) is 134 Å². The lowest BCUT2D eigenvalue weighted by Crippen LogP contribution is -2.48. The maximum absolute atomic E-state index is 11.7. The van der Waals surface area contributed by atoms with E-state index in [0.717, 1.165) is 41.8 Å². The Bertz CT molecular complexity index is 1230. The molecule has 4 heterocycles. The highest BCUT2D eigenvalue weighted by molar-refractivity contribution is 7.99. The van der Waals surface area contributed by atoms with Crippen molar-refractivity contribution in [1.29, 1.82) is 0 Å². The molecule has 154 valence electrons. The van der Waals surface area contributed by atoms with Gasteiger partial charge in [-0.2, -0.15) is 14.8 Å². The minimum absolute atomic E-state index is 0.108. The number of nitrogens with one attached hydrogen (secondary N) is 2. The van der Waals surface area contributed by atoms with Crippen LogP contribution < -0.4 is 16.3 Å². The summed E-state index contributed by atoms with van der Waals surface area (Å²) < 4.78 is 1.31. The maximum atomic E-state index is 11.7. The summed E-state index contributed by atoms with van der Waals surface area (Å²) in [5, 5.41) is 4.74. The van der Waals surface area contributed by atoms with E-state index in [2.05, 4.69) is 41.8 Å². The molecule has 1 saturated heterocycles. The molecule has 0 radical (unpaired) electrons. The van der Waals surface area contributed by atoms with E-state index in [1.54, 1.807) is 6.20 Å². The Morgan fingerprint density at radius 2 is 1.93 bits per heavy atom. The molecular weight excluding hydrogens is 402 g/mol. The van der Waals surface area contributed by atoms with Gasteiger partial charge in [-0.1, -0.05) is 11.8 Å². The second kappa shape index (κ2) is 7.26. The van der Waals surface area contributed by atoms with Gasteiger partial charge >= 0.3 is 5.69 Å². The zero-order chi connectivity index (χ0) is 20.7. The van der Waals surface area contributed by atoms with Gasteiger partial charge in [-0.05, 0) is 44.0 Å². The summed E-state index contributed by atoms with van der Waals surface area (Å²) in [6, 6.07) is 7.52. The third kappa shape index (κ3) is 3.68. The summed E-state index contributed by atoms with van der Waals surface area (Å²) in [6.07, 6.45) is 4.93. The van der Waals surface area contributed by atoms with E-state index in [9.17, 15) is 4.79 Å². The van der Waals surface area contributed by atoms with Gasteiger partial charge in [0.25, 0.3) is 0 Å². The monoisotopic (exact) mass is 423 g/mol. The standard InChI is InChI=1S/C19H21N9OS/c1-19(20)6-8-27(9-7-19)17-25-15-16(26-17)24-14(10-21-15)30-13-4-2-12(3-5-13)28-18(29)22-11-23-28/h2-5,10-11H,6-9,20H2,1H3,(H,22,23,29)(H,21,24,25,26). The van der Waals surface area contributed by atoms with Gasteiger partial charge in [-0.25, -0.2) is 14.8 Å². The molecule has 10 nitrogen and oxygen atoms in total. The van der Waals surface area contributed by atoms with Crippen molar-refractivity contribution in [2.75, 3.05) is 18.0 Å². The van der Waals surface area contributed by atoms with Gasteiger partial charge < -0.3 is 15.6 Å². The molecule has 1 aliphatic heterocycles. The Balaban J connectivity index is 1.33. The third-order valence-corrected chi connectivity index (χ3v) is 6.15. The molecule has 4 aromatic rings. The first-order chi connectivity index (χ1) is 14.5. The van der Waals surface area contributed by atoms with E-state index in [1.165, 1.54) is 22.8 Å². The Hall–Kier alpha value is -3.18. The number of aromatic nitrogens is 7. The Kier molecular flexibility index (Phi) is 4.55. The molecule has 0 atom stereocenters. The Morgan fingerprint density at radius 3 is 2.63 bits per heavy atom. The number of rotatable bonds is 4. The smallest absolute Gasteiger partial charge is 0.342 e. The molecule has 0 aliphatic carbocycles. The summed E-state index contributed by atoms with van der Waals surface area (Å²) in [5.74, 6) is 0.788. The number of nitrogens with two attached hydrogens (primary N) is 1. The molecule has 0 amide bonds. The summed E-state index contributed by atoms with van der Waals surface area (Å²) in [6.45, 7) is 3.81. The molecule has 0 spiro atoms. The normalized spacial score (nSPS) is 16.3. The number of anilines is 1. The number of benzene rings is 1. The molecule has 1 aliphatic rings. The van der Waals surface area contributed by atoms with Crippen LogP contribution in [0.1, 0.15) is 19.8 Å². The van der Waals surface area contributed by atoms with Crippen molar-refractivity contribution in [3.8, 4) is 5.69 Å². The summed E-state index contributed by atoms with van der Waals surface area (Å²) in [4.78, 5) is 34.4. The van der Waals surface area contributed by atoms with Crippen LogP contribution in [0.5, 0.6) is 0 Å². The Morgan fingerprint density at radius 1 is 1.17 bits per heavy atom. The molecule has 4 N–H and O–H groups in total. The number of imidazole rings is 1. The van der Waals surface area contributed by atoms with Gasteiger partial charge in [0.1, 0.15) is 11.4 Å². The number of nitrogens with zero attached hydrogens (tertiary/aromatic N) is 6. The van der Waals surface area contributed by atoms with E-state index in [-0.39, 0.29) is 11.2 Å². The van der Waals surface area contributed by atoms with Crippen LogP contribution in [0.3, 0.4) is 0 Å². The molecule has 30 heavy (non-hydrogen) atoms. The van der Waals surface area contributed by atoms with Crippen LogP contribution in [0.25, 0.3) is 17.0 Å². The fraction of sp³-hybridized carbons (Fsp3) is 0.316. The van der Waals surface area contributed by atoms with Crippen LogP contribution in [0.4, 0.5) is 5.95 Å². The van der Waals surface area contributed by atoms with E-state index in [4.69, 9.17) is 5.73 Å². The van der Waals surface area contributed by atoms with Gasteiger partial charge in [0.05, 0.1) is 11.9 Å². The van der Waals surface area contributed by atoms with E-state index in [1.807, 2.05) is 24.3 Å². The fourth-order valence-electron chi connectivity index (χ4n) is 3.41. The first-order valence-corrected chi connectivity index (χ1v) is 10.5. The van der Waals surface area contributed by atoms with Gasteiger partial charge in [-0.15, -0.1) is 0 Å². The van der Waals surface area contributed by atoms with Gasteiger partial charge in [0.2, 0.25) is 5.95 Å². The van der Waals surface area contributed by atoms with Crippen molar-refractivity contribution in [2.24, 2.45) is 5.73 Å². The first-order valence-electron chi connectivity index (χ1n) is 9.64. The van der Waals surface area contributed by atoms with Crippen LogP contribution in [0, 0.1) is 0 Å². The minimum atomic E-state index is -0.272. The molecule has 3 aromatic heterocycles. The van der Waals surface area contributed by atoms with Crippen molar-refractivity contribution in [1.82, 2.24) is 34.7 Å². The minimum Gasteiger partial charge on any atom is -0.342 e. The van der Waals surface area contributed by atoms with E-state index in [0.29, 0.717) is 17.0 Å². The van der Waals surface area contributed by atoms with Crippen molar-refractivity contribution in [2.45, 2.75) is 35.2 Å². The largest absolute Gasteiger partial charge is 0.347 e. The van der Waals surface area contributed by atoms with Crippen LogP contribution in [0.2, 0.25) is 0 Å². The van der Waals surface area contributed by atoms with E-state index < -0.39 is 0 Å². The molecule has 5 rings (SSSR count). The average Bonchev–Trinajstić information content (AvgIpc) is 3.34. The zero-order valence-corrected chi connectivity index (χ0v) is 17.2. The summed E-state index contributed by atoms with van der Waals surface area (Å²) >= 11 is 1.49. The van der Waals surface area contributed by atoms with Crippen molar-refractivity contribution in [3.05, 3.63) is 47.3 Å². The predicted octanol–water partition coefficient (Wildman–Crippen LogP) is 1.70. The highest BCUT2D eigenvalue weighted by atomic mass is 32.2. The number of piperidine rings is 1. The first kappa shape index (κ1) is 18.8. The molecule has 1 aromatic carbocycles. The lowest BCUT2D eigenvalue weighted by atomic mass is 9.91. The lowest BCUT2D eigenvalue weighted by Gasteiger charge is -2.36. The van der Waals surface area contributed by atoms with Gasteiger partial charge in [-0.3, -0.25) is 4.98 Å².